The summed E-state index contributed by atoms with van der Waals surface area (Å²) < 4.78 is 4.75. The van der Waals surface area contributed by atoms with Crippen LogP contribution in [0.25, 0.3) is 134 Å². The zero-order valence-electron chi connectivity index (χ0n) is 46.6. The lowest BCUT2D eigenvalue weighted by atomic mass is 9.80. The third-order valence-electron chi connectivity index (χ3n) is 18.0. The molecule has 3 heterocycles. The average Bonchev–Trinajstić information content (AvgIpc) is 1.75. The predicted octanol–water partition coefficient (Wildman–Crippen LogP) is 18.8. The van der Waals surface area contributed by atoms with Crippen LogP contribution in [-0.2, 0) is 10.8 Å². The first kappa shape index (κ1) is 48.9. The first-order valence-corrected chi connectivity index (χ1v) is 28.6. The Morgan fingerprint density at radius 1 is 0.321 bits per heavy atom. The molecule has 84 heavy (non-hydrogen) atoms. The summed E-state index contributed by atoms with van der Waals surface area (Å²) in [7, 11) is 0. The van der Waals surface area contributed by atoms with Gasteiger partial charge in [0, 0.05) is 71.3 Å². The van der Waals surface area contributed by atoms with E-state index < -0.39 is 0 Å². The molecule has 16 rings (SSSR count). The van der Waals surface area contributed by atoms with Crippen molar-refractivity contribution in [1.29, 1.82) is 10.5 Å². The highest BCUT2D eigenvalue weighted by Gasteiger charge is 2.40. The van der Waals surface area contributed by atoms with E-state index in [9.17, 15) is 10.5 Å². The smallest absolute Gasteiger partial charge is 0.164 e. The number of hydrogen-bond donors (Lipinski definition) is 0. The van der Waals surface area contributed by atoms with Gasteiger partial charge in [0.25, 0.3) is 0 Å². The van der Waals surface area contributed by atoms with Crippen LogP contribution in [0.1, 0.15) is 61.1 Å². The maximum absolute atomic E-state index is 10.7. The largest absolute Gasteiger partial charge is 0.309 e. The van der Waals surface area contributed by atoms with Crippen LogP contribution in [-0.4, -0.2) is 24.1 Å². The molecular formula is C77H51N7. The molecule has 7 nitrogen and oxygen atoms in total. The summed E-state index contributed by atoms with van der Waals surface area (Å²) in [6, 6.07) is 87.7. The Bertz CT molecular complexity index is 4930. The Labute approximate surface area is 486 Å². The Hall–Kier alpha value is -11.0. The fourth-order valence-electron chi connectivity index (χ4n) is 14.3. The minimum Gasteiger partial charge on any atom is -0.309 e. The molecule has 0 fully saturated rings. The first-order chi connectivity index (χ1) is 41.1. The quantitative estimate of drug-likeness (QED) is 0.158. The molecule has 394 valence electrons. The SMILES string of the molecule is CC1(C)c2ccccc2-c2ccc3c(c21)c1ccccc1n3-c1cc(-c2nc(-c3ccccc3)nc(-c3ccc(-c4ccccc4C#N)c(-n4c5ccccc5c5c6c(ccc54)-c4ccccc4C6(C)C)c3)n2)ccc1-c1ccccc1C#N. The number of para-hydroxylation sites is 2. The maximum atomic E-state index is 10.7. The van der Waals surface area contributed by atoms with Gasteiger partial charge in [-0.25, -0.2) is 15.0 Å². The van der Waals surface area contributed by atoms with Gasteiger partial charge in [-0.15, -0.1) is 0 Å². The van der Waals surface area contributed by atoms with Gasteiger partial charge in [-0.05, 0) is 93.0 Å². The molecule has 7 heteroatoms. The molecule has 0 aliphatic heterocycles. The van der Waals surface area contributed by atoms with Crippen LogP contribution in [0.2, 0.25) is 0 Å². The van der Waals surface area contributed by atoms with Gasteiger partial charge >= 0.3 is 0 Å². The maximum Gasteiger partial charge on any atom is 0.164 e. The van der Waals surface area contributed by atoms with Crippen molar-refractivity contribution >= 4 is 43.6 Å². The molecule has 0 atom stereocenters. The molecular weight excluding hydrogens is 1020 g/mol. The summed E-state index contributed by atoms with van der Waals surface area (Å²) >= 11 is 0. The van der Waals surface area contributed by atoms with Crippen molar-refractivity contribution in [2.75, 3.05) is 0 Å². The average molecular weight is 1070 g/mol. The normalized spacial score (nSPS) is 13.4. The molecule has 0 amide bonds. The van der Waals surface area contributed by atoms with E-state index >= 15 is 0 Å². The number of hydrogen-bond acceptors (Lipinski definition) is 5. The van der Waals surface area contributed by atoms with Crippen molar-refractivity contribution in [1.82, 2.24) is 24.1 Å². The molecule has 11 aromatic carbocycles. The third-order valence-corrected chi connectivity index (χ3v) is 18.0. The van der Waals surface area contributed by atoms with Crippen LogP contribution in [0.3, 0.4) is 0 Å². The number of fused-ring (bicyclic) bond motifs is 14. The zero-order valence-corrected chi connectivity index (χ0v) is 46.6. The summed E-state index contributed by atoms with van der Waals surface area (Å²) in [5, 5.41) is 26.1. The number of rotatable bonds is 7. The van der Waals surface area contributed by atoms with Crippen molar-refractivity contribution in [3.63, 3.8) is 0 Å². The van der Waals surface area contributed by atoms with E-state index in [1.165, 1.54) is 55.3 Å². The standard InChI is InChI=1S/C77H51N7/c1-76(2)61-30-16-12-26-53(61)57-38-40-65-69(71(57)76)59-28-14-18-32-63(59)83(65)67-42-47(34-36-55(67)51-24-10-8-22-49(51)44-78)74-80-73(46-20-6-5-7-21-46)81-75(82-74)48-35-37-56(52-25-11-9-23-50(52)45-79)68(43-48)84-64-33-19-15-29-60(64)70-66(84)41-39-58-54-27-13-17-31-62(54)77(3,4)72(58)70/h5-43H,1-4H3. The second-order valence-electron chi connectivity index (χ2n) is 23.3. The molecule has 2 aliphatic carbocycles. The van der Waals surface area contributed by atoms with Crippen molar-refractivity contribution in [2.45, 2.75) is 38.5 Å². The summed E-state index contributed by atoms with van der Waals surface area (Å²) in [6.45, 7) is 9.38. The topological polar surface area (TPSA) is 96.1 Å². The highest BCUT2D eigenvalue weighted by molar-refractivity contribution is 6.16. The van der Waals surface area contributed by atoms with Crippen LogP contribution in [0, 0.1) is 22.7 Å². The monoisotopic (exact) mass is 1070 g/mol. The molecule has 0 radical (unpaired) electrons. The number of nitrogens with zero attached hydrogens (tertiary/aromatic N) is 7. The van der Waals surface area contributed by atoms with Crippen molar-refractivity contribution in [3.8, 4) is 102 Å². The third kappa shape index (κ3) is 7.00. The van der Waals surface area contributed by atoms with Crippen LogP contribution in [0.4, 0.5) is 0 Å². The van der Waals surface area contributed by atoms with Gasteiger partial charge in [0.2, 0.25) is 0 Å². The molecule has 0 spiro atoms. The lowest BCUT2D eigenvalue weighted by Gasteiger charge is -2.23. The van der Waals surface area contributed by atoms with Gasteiger partial charge in [-0.1, -0.05) is 216 Å². The minimum absolute atomic E-state index is 0.268. The van der Waals surface area contributed by atoms with Gasteiger partial charge in [0.05, 0.1) is 56.7 Å². The van der Waals surface area contributed by atoms with Gasteiger partial charge < -0.3 is 9.13 Å². The molecule has 0 unspecified atom stereocenters. The first-order valence-electron chi connectivity index (χ1n) is 28.6. The molecule has 14 aromatic rings. The lowest BCUT2D eigenvalue weighted by Crippen LogP contribution is -2.15. The minimum atomic E-state index is -0.268. The lowest BCUT2D eigenvalue weighted by molar-refractivity contribution is 0.666. The molecule has 0 N–H and O–H groups in total. The van der Waals surface area contributed by atoms with E-state index in [1.807, 2.05) is 78.9 Å². The van der Waals surface area contributed by atoms with Crippen LogP contribution < -0.4 is 0 Å². The summed E-state index contributed by atoms with van der Waals surface area (Å²) in [4.78, 5) is 16.2. The number of benzene rings is 11. The van der Waals surface area contributed by atoms with Gasteiger partial charge in [0.1, 0.15) is 0 Å². The number of aromatic nitrogens is 5. The zero-order chi connectivity index (χ0) is 56.6. The van der Waals surface area contributed by atoms with E-state index in [-0.39, 0.29) is 10.8 Å². The van der Waals surface area contributed by atoms with Gasteiger partial charge in [-0.3, -0.25) is 0 Å². The Morgan fingerprint density at radius 3 is 1.14 bits per heavy atom. The van der Waals surface area contributed by atoms with E-state index in [0.717, 1.165) is 83.2 Å². The summed E-state index contributed by atoms with van der Waals surface area (Å²) in [5.74, 6) is 1.52. The van der Waals surface area contributed by atoms with E-state index in [4.69, 9.17) is 15.0 Å². The van der Waals surface area contributed by atoms with Crippen molar-refractivity contribution in [3.05, 3.63) is 270 Å². The molecule has 0 saturated heterocycles. The molecule has 2 aliphatic rings. The van der Waals surface area contributed by atoms with Gasteiger partial charge in [0.15, 0.2) is 17.5 Å². The van der Waals surface area contributed by atoms with Gasteiger partial charge in [-0.2, -0.15) is 10.5 Å². The van der Waals surface area contributed by atoms with Crippen LogP contribution in [0.5, 0.6) is 0 Å². The Balaban J connectivity index is 0.951. The number of nitriles is 2. The fourth-order valence-corrected chi connectivity index (χ4v) is 14.3. The fraction of sp³-hybridized carbons (Fsp3) is 0.0779. The van der Waals surface area contributed by atoms with E-state index in [1.54, 1.807) is 0 Å². The summed E-state index contributed by atoms with van der Waals surface area (Å²) in [5.41, 5.74) is 22.8. The van der Waals surface area contributed by atoms with E-state index in [0.29, 0.717) is 28.6 Å². The molecule has 3 aromatic heterocycles. The highest BCUT2D eigenvalue weighted by Crippen LogP contribution is 2.56. The highest BCUT2D eigenvalue weighted by atomic mass is 15.0. The predicted molar refractivity (Wildman–Crippen MR) is 340 cm³/mol. The summed E-state index contributed by atoms with van der Waals surface area (Å²) in [6.07, 6.45) is 0. The Kier molecular flexibility index (Phi) is 10.6. The van der Waals surface area contributed by atoms with E-state index in [2.05, 4.69) is 207 Å². The van der Waals surface area contributed by atoms with Crippen LogP contribution in [0.15, 0.2) is 237 Å². The molecule has 0 saturated carbocycles. The van der Waals surface area contributed by atoms with Crippen molar-refractivity contribution in [2.24, 2.45) is 0 Å². The second-order valence-corrected chi connectivity index (χ2v) is 23.3. The van der Waals surface area contributed by atoms with Crippen molar-refractivity contribution < 1.29 is 0 Å². The van der Waals surface area contributed by atoms with Crippen LogP contribution >= 0.6 is 0 Å². The second kappa shape index (κ2) is 18.3. The molecule has 0 bridgehead atoms. The Morgan fingerprint density at radius 2 is 0.690 bits per heavy atom.